The van der Waals surface area contributed by atoms with Crippen LogP contribution in [0, 0.1) is 17.0 Å². The summed E-state index contributed by atoms with van der Waals surface area (Å²) in [4.78, 5) is 14.4. The smallest absolute Gasteiger partial charge is 0.287 e. The predicted molar refractivity (Wildman–Crippen MR) is 84.7 cm³/mol. The van der Waals surface area contributed by atoms with Crippen LogP contribution in [0.3, 0.4) is 0 Å². The normalized spacial score (nSPS) is 10.5. The Balaban J connectivity index is 2.08. The van der Waals surface area contributed by atoms with Gasteiger partial charge in [-0.25, -0.2) is 4.98 Å². The molecule has 0 amide bonds. The topological polar surface area (TPSA) is 77.3 Å². The lowest BCUT2D eigenvalue weighted by molar-refractivity contribution is -0.385. The monoisotopic (exact) mass is 301 g/mol. The first-order valence-electron chi connectivity index (χ1n) is 7.11. The van der Waals surface area contributed by atoms with Gasteiger partial charge in [0.25, 0.3) is 5.69 Å². The number of pyridine rings is 1. The zero-order valence-electron chi connectivity index (χ0n) is 12.7. The fourth-order valence-electron chi connectivity index (χ4n) is 2.11. The Hall–Kier alpha value is -2.47. The Labute approximate surface area is 129 Å². The number of aromatic nitrogens is 1. The molecule has 0 spiro atoms. The highest BCUT2D eigenvalue weighted by Crippen LogP contribution is 2.19. The molecule has 0 bridgehead atoms. The third-order valence-corrected chi connectivity index (χ3v) is 3.30. The molecule has 1 aromatic heterocycles. The molecule has 0 aliphatic carbocycles. The van der Waals surface area contributed by atoms with E-state index < -0.39 is 4.92 Å². The van der Waals surface area contributed by atoms with Crippen molar-refractivity contribution in [2.45, 2.75) is 27.0 Å². The Morgan fingerprint density at radius 1 is 1.32 bits per heavy atom. The van der Waals surface area contributed by atoms with Gasteiger partial charge in [0, 0.05) is 19.2 Å². The van der Waals surface area contributed by atoms with Crippen LogP contribution >= 0.6 is 0 Å². The maximum Gasteiger partial charge on any atom is 0.287 e. The van der Waals surface area contributed by atoms with Gasteiger partial charge in [0.05, 0.1) is 11.5 Å². The summed E-state index contributed by atoms with van der Waals surface area (Å²) in [6.45, 7) is 5.60. The molecule has 1 heterocycles. The number of hydrogen-bond donors (Lipinski definition) is 1. The van der Waals surface area contributed by atoms with Crippen LogP contribution in [-0.2, 0) is 17.9 Å². The molecule has 2 rings (SSSR count). The van der Waals surface area contributed by atoms with Crippen molar-refractivity contribution in [1.82, 2.24) is 4.98 Å². The van der Waals surface area contributed by atoms with Gasteiger partial charge in [-0.1, -0.05) is 24.3 Å². The van der Waals surface area contributed by atoms with Crippen molar-refractivity contribution in [2.75, 3.05) is 11.9 Å². The minimum absolute atomic E-state index is 0.000189. The highest BCUT2D eigenvalue weighted by atomic mass is 16.6. The van der Waals surface area contributed by atoms with Crippen LogP contribution < -0.4 is 5.32 Å². The van der Waals surface area contributed by atoms with Gasteiger partial charge in [0.2, 0.25) is 0 Å². The number of anilines is 1. The molecular weight excluding hydrogens is 282 g/mol. The number of ether oxygens (including phenoxy) is 1. The molecule has 22 heavy (non-hydrogen) atoms. The van der Waals surface area contributed by atoms with Crippen molar-refractivity contribution >= 4 is 11.5 Å². The van der Waals surface area contributed by atoms with Gasteiger partial charge in [-0.2, -0.15) is 0 Å². The van der Waals surface area contributed by atoms with E-state index in [2.05, 4.69) is 10.3 Å². The first-order valence-corrected chi connectivity index (χ1v) is 7.11. The molecule has 116 valence electrons. The van der Waals surface area contributed by atoms with Gasteiger partial charge in [-0.15, -0.1) is 0 Å². The molecule has 0 radical (unpaired) electrons. The van der Waals surface area contributed by atoms with Crippen LogP contribution in [0.25, 0.3) is 0 Å². The van der Waals surface area contributed by atoms with Crippen molar-refractivity contribution in [3.8, 4) is 0 Å². The van der Waals surface area contributed by atoms with E-state index >= 15 is 0 Å². The second kappa shape index (κ2) is 7.51. The van der Waals surface area contributed by atoms with Crippen LogP contribution in [-0.4, -0.2) is 16.5 Å². The third-order valence-electron chi connectivity index (χ3n) is 3.30. The molecule has 6 nitrogen and oxygen atoms in total. The van der Waals surface area contributed by atoms with Crippen LogP contribution in [0.2, 0.25) is 0 Å². The van der Waals surface area contributed by atoms with Crippen molar-refractivity contribution in [3.63, 3.8) is 0 Å². The number of rotatable bonds is 7. The summed E-state index contributed by atoms with van der Waals surface area (Å²) >= 11 is 0. The number of aryl methyl sites for hydroxylation is 1. The van der Waals surface area contributed by atoms with Crippen molar-refractivity contribution < 1.29 is 9.66 Å². The van der Waals surface area contributed by atoms with E-state index in [0.717, 1.165) is 16.7 Å². The Kier molecular flexibility index (Phi) is 5.43. The molecule has 1 aromatic carbocycles. The third kappa shape index (κ3) is 4.02. The summed E-state index contributed by atoms with van der Waals surface area (Å²) in [6.07, 6.45) is 1.27. The average molecular weight is 301 g/mol. The second-order valence-corrected chi connectivity index (χ2v) is 4.88. The van der Waals surface area contributed by atoms with Gasteiger partial charge in [0.1, 0.15) is 12.0 Å². The molecule has 0 unspecified atom stereocenters. The molecule has 0 saturated carbocycles. The van der Waals surface area contributed by atoms with E-state index in [4.69, 9.17) is 4.74 Å². The highest BCUT2D eigenvalue weighted by molar-refractivity contribution is 5.48. The van der Waals surface area contributed by atoms with Gasteiger partial charge < -0.3 is 10.1 Å². The van der Waals surface area contributed by atoms with E-state index in [1.54, 1.807) is 6.92 Å². The van der Waals surface area contributed by atoms with Crippen molar-refractivity contribution in [3.05, 3.63) is 63.3 Å². The summed E-state index contributed by atoms with van der Waals surface area (Å²) in [5, 5.41) is 13.9. The second-order valence-electron chi connectivity index (χ2n) is 4.88. The Bertz CT molecular complexity index is 659. The molecule has 0 aliphatic rings. The standard InChI is InChI=1S/C16H19N3O3/c1-3-22-11-14-7-5-4-6-13(14)9-17-16-12(2)8-15(10-18-16)19(20)21/h4-8,10H,3,9,11H2,1-2H3,(H,17,18). The fraction of sp³-hybridized carbons (Fsp3) is 0.312. The highest BCUT2D eigenvalue weighted by Gasteiger charge is 2.10. The average Bonchev–Trinajstić information content (AvgIpc) is 2.52. The van der Waals surface area contributed by atoms with E-state index in [-0.39, 0.29) is 5.69 Å². The van der Waals surface area contributed by atoms with Crippen LogP contribution in [0.4, 0.5) is 11.5 Å². The van der Waals surface area contributed by atoms with Gasteiger partial charge >= 0.3 is 0 Å². The lowest BCUT2D eigenvalue weighted by Crippen LogP contribution is -2.07. The minimum atomic E-state index is -0.443. The predicted octanol–water partition coefficient (Wildman–Crippen LogP) is 3.45. The Morgan fingerprint density at radius 3 is 2.68 bits per heavy atom. The van der Waals surface area contributed by atoms with E-state index in [0.29, 0.717) is 25.6 Å². The fourth-order valence-corrected chi connectivity index (χ4v) is 2.11. The van der Waals surface area contributed by atoms with Crippen molar-refractivity contribution in [1.29, 1.82) is 0 Å². The number of nitro groups is 1. The molecule has 0 aliphatic heterocycles. The molecule has 0 fully saturated rings. The SMILES string of the molecule is CCOCc1ccccc1CNc1ncc([N+](=O)[O-])cc1C. The summed E-state index contributed by atoms with van der Waals surface area (Å²) in [5.41, 5.74) is 2.99. The number of nitrogens with one attached hydrogen (secondary N) is 1. The summed E-state index contributed by atoms with van der Waals surface area (Å²) in [6, 6.07) is 9.53. The molecule has 0 atom stereocenters. The number of hydrogen-bond acceptors (Lipinski definition) is 5. The lowest BCUT2D eigenvalue weighted by Gasteiger charge is -2.12. The molecule has 6 heteroatoms. The molecule has 2 aromatic rings. The molecule has 1 N–H and O–H groups in total. The minimum Gasteiger partial charge on any atom is -0.377 e. The van der Waals surface area contributed by atoms with Crippen LogP contribution in [0.15, 0.2) is 36.5 Å². The summed E-state index contributed by atoms with van der Waals surface area (Å²) in [5.74, 6) is 0.650. The number of benzene rings is 1. The van der Waals surface area contributed by atoms with Crippen molar-refractivity contribution in [2.24, 2.45) is 0 Å². The first-order chi connectivity index (χ1) is 10.6. The van der Waals surface area contributed by atoms with Gasteiger partial charge in [-0.3, -0.25) is 10.1 Å². The van der Waals surface area contributed by atoms with Gasteiger partial charge in [0.15, 0.2) is 0 Å². The quantitative estimate of drug-likeness (QED) is 0.626. The maximum atomic E-state index is 10.7. The van der Waals surface area contributed by atoms with Crippen LogP contribution in [0.1, 0.15) is 23.6 Å². The maximum absolute atomic E-state index is 10.7. The number of nitrogens with zero attached hydrogens (tertiary/aromatic N) is 2. The first kappa shape index (κ1) is 15.9. The zero-order valence-corrected chi connectivity index (χ0v) is 12.7. The van der Waals surface area contributed by atoms with E-state index in [9.17, 15) is 10.1 Å². The lowest BCUT2D eigenvalue weighted by atomic mass is 10.1. The van der Waals surface area contributed by atoms with E-state index in [1.807, 2.05) is 31.2 Å². The van der Waals surface area contributed by atoms with Gasteiger partial charge in [-0.05, 0) is 30.5 Å². The van der Waals surface area contributed by atoms with E-state index in [1.165, 1.54) is 12.3 Å². The largest absolute Gasteiger partial charge is 0.377 e. The summed E-state index contributed by atoms with van der Waals surface area (Å²) < 4.78 is 5.46. The Morgan fingerprint density at radius 2 is 2.05 bits per heavy atom. The molecular formula is C16H19N3O3. The molecule has 0 saturated heterocycles. The summed E-state index contributed by atoms with van der Waals surface area (Å²) in [7, 11) is 0. The zero-order chi connectivity index (χ0) is 15.9. The van der Waals surface area contributed by atoms with Crippen LogP contribution in [0.5, 0.6) is 0 Å².